The molecular weight excluding hydrogens is 262 g/mol. The Morgan fingerprint density at radius 3 is 2.24 bits per heavy atom. The van der Waals surface area contributed by atoms with Gasteiger partial charge in [-0.3, -0.25) is 4.90 Å². The van der Waals surface area contributed by atoms with Crippen LogP contribution in [0.25, 0.3) is 0 Å². The van der Waals surface area contributed by atoms with Gasteiger partial charge in [0.25, 0.3) is 0 Å². The molecule has 4 heteroatoms. The van der Waals surface area contributed by atoms with Crippen LogP contribution in [0.15, 0.2) is 0 Å². The van der Waals surface area contributed by atoms with E-state index in [1.165, 1.54) is 45.2 Å². The Labute approximate surface area is 130 Å². The average molecular weight is 297 g/mol. The molecule has 2 rings (SSSR count). The second kappa shape index (κ2) is 7.40. The highest BCUT2D eigenvalue weighted by atomic mass is 16.3. The highest BCUT2D eigenvalue weighted by molar-refractivity contribution is 4.90. The maximum Gasteiger partial charge on any atom is 0.0499 e. The van der Waals surface area contributed by atoms with Crippen LogP contribution in [0.5, 0.6) is 0 Å². The molecule has 1 heterocycles. The van der Waals surface area contributed by atoms with Crippen LogP contribution in [-0.2, 0) is 0 Å². The van der Waals surface area contributed by atoms with Crippen molar-refractivity contribution in [2.24, 2.45) is 5.41 Å². The first kappa shape index (κ1) is 17.2. The van der Waals surface area contributed by atoms with Gasteiger partial charge in [-0.1, -0.05) is 19.3 Å². The summed E-state index contributed by atoms with van der Waals surface area (Å²) in [5, 5.41) is 13.5. The third-order valence-electron chi connectivity index (χ3n) is 5.67. The minimum absolute atomic E-state index is 0.149. The largest absolute Gasteiger partial charge is 0.396 e. The Bertz CT molecular complexity index is 305. The van der Waals surface area contributed by atoms with E-state index >= 15 is 0 Å². The van der Waals surface area contributed by atoms with Gasteiger partial charge in [-0.05, 0) is 33.7 Å². The monoisotopic (exact) mass is 297 g/mol. The third kappa shape index (κ3) is 4.65. The summed E-state index contributed by atoms with van der Waals surface area (Å²) < 4.78 is 0. The van der Waals surface area contributed by atoms with Crippen molar-refractivity contribution in [3.8, 4) is 0 Å². The first-order valence-corrected chi connectivity index (χ1v) is 8.73. The molecule has 0 radical (unpaired) electrons. The van der Waals surface area contributed by atoms with Crippen LogP contribution in [0.1, 0.15) is 46.0 Å². The first-order chi connectivity index (χ1) is 9.97. The maximum atomic E-state index is 9.79. The Morgan fingerprint density at radius 2 is 1.67 bits per heavy atom. The summed E-state index contributed by atoms with van der Waals surface area (Å²) in [5.74, 6) is 0. The van der Waals surface area contributed by atoms with E-state index in [0.29, 0.717) is 6.61 Å². The van der Waals surface area contributed by atoms with Gasteiger partial charge in [0.1, 0.15) is 0 Å². The van der Waals surface area contributed by atoms with Gasteiger partial charge in [-0.2, -0.15) is 0 Å². The molecular formula is C17H35N3O. The van der Waals surface area contributed by atoms with Crippen LogP contribution in [0.3, 0.4) is 0 Å². The van der Waals surface area contributed by atoms with Crippen LogP contribution >= 0.6 is 0 Å². The summed E-state index contributed by atoms with van der Waals surface area (Å²) in [6.45, 7) is 11.7. The predicted octanol–water partition coefficient (Wildman–Crippen LogP) is 1.54. The summed E-state index contributed by atoms with van der Waals surface area (Å²) in [6.07, 6.45) is 6.28. The first-order valence-electron chi connectivity index (χ1n) is 8.73. The Morgan fingerprint density at radius 1 is 1.05 bits per heavy atom. The van der Waals surface area contributed by atoms with Gasteiger partial charge < -0.3 is 15.3 Å². The lowest BCUT2D eigenvalue weighted by molar-refractivity contribution is 0.0496. The van der Waals surface area contributed by atoms with Crippen LogP contribution in [0, 0.1) is 5.41 Å². The maximum absolute atomic E-state index is 9.79. The smallest absolute Gasteiger partial charge is 0.0499 e. The molecule has 2 aliphatic rings. The minimum atomic E-state index is 0.149. The van der Waals surface area contributed by atoms with Gasteiger partial charge in [0, 0.05) is 56.8 Å². The molecule has 0 atom stereocenters. The quantitative estimate of drug-likeness (QED) is 0.780. The predicted molar refractivity (Wildman–Crippen MR) is 88.6 cm³/mol. The summed E-state index contributed by atoms with van der Waals surface area (Å²) in [6, 6.07) is 0. The number of nitrogens with one attached hydrogen (secondary N) is 1. The van der Waals surface area contributed by atoms with Gasteiger partial charge in [0.15, 0.2) is 0 Å². The molecule has 124 valence electrons. The molecule has 2 N–H and O–H groups in total. The summed E-state index contributed by atoms with van der Waals surface area (Å²) in [7, 11) is 2.21. The molecule has 0 spiro atoms. The molecule has 4 nitrogen and oxygen atoms in total. The molecule has 1 aliphatic carbocycles. The highest BCUT2D eigenvalue weighted by Crippen LogP contribution is 2.35. The molecule has 0 unspecified atom stereocenters. The standard InChI is InChI=1S/C17H35N3O/c1-16(2,20-11-9-19(3)10-12-20)13-18-14-17(15-21)7-5-4-6-8-17/h18,21H,4-15H2,1-3H3. The van der Waals surface area contributed by atoms with E-state index in [4.69, 9.17) is 0 Å². The second-order valence-electron chi connectivity index (χ2n) is 7.93. The summed E-state index contributed by atoms with van der Waals surface area (Å²) in [4.78, 5) is 5.01. The molecule has 0 aromatic carbocycles. The van der Waals surface area contributed by atoms with E-state index in [1.54, 1.807) is 0 Å². The number of likely N-dealkylation sites (N-methyl/N-ethyl adjacent to an activating group) is 1. The third-order valence-corrected chi connectivity index (χ3v) is 5.67. The van der Waals surface area contributed by atoms with E-state index in [-0.39, 0.29) is 11.0 Å². The van der Waals surface area contributed by atoms with Gasteiger partial charge in [-0.25, -0.2) is 0 Å². The fourth-order valence-corrected chi connectivity index (χ4v) is 3.85. The van der Waals surface area contributed by atoms with Gasteiger partial charge in [0.2, 0.25) is 0 Å². The molecule has 21 heavy (non-hydrogen) atoms. The number of aliphatic hydroxyl groups is 1. The van der Waals surface area contributed by atoms with Crippen molar-refractivity contribution in [2.75, 3.05) is 52.9 Å². The Balaban J connectivity index is 1.78. The van der Waals surface area contributed by atoms with Crippen molar-refractivity contribution in [1.82, 2.24) is 15.1 Å². The van der Waals surface area contributed by atoms with Crippen LogP contribution in [0.2, 0.25) is 0 Å². The molecule has 0 bridgehead atoms. The fourth-order valence-electron chi connectivity index (χ4n) is 3.85. The zero-order valence-electron chi connectivity index (χ0n) is 14.3. The van der Waals surface area contributed by atoms with E-state index < -0.39 is 0 Å². The van der Waals surface area contributed by atoms with Crippen molar-refractivity contribution < 1.29 is 5.11 Å². The lowest BCUT2D eigenvalue weighted by Gasteiger charge is -2.44. The van der Waals surface area contributed by atoms with Crippen molar-refractivity contribution in [3.63, 3.8) is 0 Å². The molecule has 0 aromatic rings. The van der Waals surface area contributed by atoms with E-state index in [2.05, 4.69) is 36.0 Å². The van der Waals surface area contributed by atoms with Gasteiger partial charge >= 0.3 is 0 Å². The summed E-state index contributed by atoms with van der Waals surface area (Å²) in [5.41, 5.74) is 0.350. The zero-order valence-corrected chi connectivity index (χ0v) is 14.3. The van der Waals surface area contributed by atoms with Crippen LogP contribution in [-0.4, -0.2) is 73.4 Å². The van der Waals surface area contributed by atoms with Gasteiger partial charge in [-0.15, -0.1) is 0 Å². The highest BCUT2D eigenvalue weighted by Gasteiger charge is 2.33. The zero-order chi connectivity index (χ0) is 15.3. The topological polar surface area (TPSA) is 38.7 Å². The lowest BCUT2D eigenvalue weighted by Crippen LogP contribution is -2.58. The fraction of sp³-hybridized carbons (Fsp3) is 1.00. The number of aliphatic hydroxyl groups excluding tert-OH is 1. The molecule has 0 aromatic heterocycles. The number of rotatable bonds is 6. The van der Waals surface area contributed by atoms with Crippen molar-refractivity contribution in [3.05, 3.63) is 0 Å². The number of nitrogens with zero attached hydrogens (tertiary/aromatic N) is 2. The van der Waals surface area contributed by atoms with Crippen LogP contribution in [0.4, 0.5) is 0 Å². The molecule has 0 amide bonds. The molecule has 2 fully saturated rings. The SMILES string of the molecule is CN1CCN(C(C)(C)CNCC2(CO)CCCCC2)CC1. The van der Waals surface area contributed by atoms with Gasteiger partial charge in [0.05, 0.1) is 0 Å². The Kier molecular flexibility index (Phi) is 6.06. The molecule has 1 aliphatic heterocycles. The van der Waals surface area contributed by atoms with Crippen molar-refractivity contribution in [2.45, 2.75) is 51.5 Å². The minimum Gasteiger partial charge on any atom is -0.396 e. The van der Waals surface area contributed by atoms with Crippen molar-refractivity contribution >= 4 is 0 Å². The summed E-state index contributed by atoms with van der Waals surface area (Å²) >= 11 is 0. The Hall–Kier alpha value is -0.160. The van der Waals surface area contributed by atoms with Crippen LogP contribution < -0.4 is 5.32 Å². The number of hydrogen-bond donors (Lipinski definition) is 2. The van der Waals surface area contributed by atoms with E-state index in [0.717, 1.165) is 26.2 Å². The average Bonchev–Trinajstić information content (AvgIpc) is 2.48. The molecule has 1 saturated carbocycles. The lowest BCUT2D eigenvalue weighted by atomic mass is 9.74. The normalized spacial score (nSPS) is 25.1. The van der Waals surface area contributed by atoms with E-state index in [9.17, 15) is 5.11 Å². The number of piperazine rings is 1. The number of hydrogen-bond acceptors (Lipinski definition) is 4. The van der Waals surface area contributed by atoms with E-state index in [1.807, 2.05) is 0 Å². The molecule has 1 saturated heterocycles. The van der Waals surface area contributed by atoms with Crippen molar-refractivity contribution in [1.29, 1.82) is 0 Å². The second-order valence-corrected chi connectivity index (χ2v) is 7.93.